The van der Waals surface area contributed by atoms with Crippen LogP contribution in [0.25, 0.3) is 0 Å². The average Bonchev–Trinajstić information content (AvgIpc) is 2.42. The Balaban J connectivity index is 2.50. The maximum atomic E-state index is 11.0. The zero-order chi connectivity index (χ0) is 15.6. The van der Waals surface area contributed by atoms with Crippen LogP contribution in [0.1, 0.15) is 10.4 Å². The van der Waals surface area contributed by atoms with Gasteiger partial charge in [0.2, 0.25) is 0 Å². The van der Waals surface area contributed by atoms with Crippen molar-refractivity contribution in [1.82, 2.24) is 0 Å². The van der Waals surface area contributed by atoms with Gasteiger partial charge in [-0.1, -0.05) is 35.0 Å². The van der Waals surface area contributed by atoms with Crippen LogP contribution in [0.3, 0.4) is 0 Å². The minimum Gasteiger partial charge on any atom is -0.478 e. The van der Waals surface area contributed by atoms with E-state index in [4.69, 9.17) is 28.3 Å². The lowest BCUT2D eigenvalue weighted by molar-refractivity contribution is -0.387. The summed E-state index contributed by atoms with van der Waals surface area (Å²) in [5, 5.41) is 20.8. The number of hydrogen-bond donors (Lipinski definition) is 1. The number of aromatic carboxylic acids is 1. The van der Waals surface area contributed by atoms with E-state index in [1.165, 1.54) is 12.1 Å². The van der Waals surface area contributed by atoms with E-state index >= 15 is 0 Å². The van der Waals surface area contributed by atoms with Crippen LogP contribution in [0, 0.1) is 10.1 Å². The molecule has 0 saturated carbocycles. The first-order valence-electron chi connectivity index (χ1n) is 5.53. The Morgan fingerprint density at radius 1 is 1.14 bits per heavy atom. The molecule has 0 amide bonds. The number of carbonyl (C=O) groups is 1. The SMILES string of the molecule is O=C(O)c1ccc([N+](=O)[O-])c(Sc2cc(Cl)ccc2Cl)c1. The van der Waals surface area contributed by atoms with Gasteiger partial charge in [-0.3, -0.25) is 10.1 Å². The summed E-state index contributed by atoms with van der Waals surface area (Å²) < 4.78 is 0. The highest BCUT2D eigenvalue weighted by molar-refractivity contribution is 7.99. The second kappa shape index (κ2) is 6.34. The molecule has 0 saturated heterocycles. The fourth-order valence-electron chi connectivity index (χ4n) is 1.55. The van der Waals surface area contributed by atoms with E-state index < -0.39 is 10.9 Å². The molecule has 0 fully saturated rings. The molecule has 0 aromatic heterocycles. The monoisotopic (exact) mass is 343 g/mol. The van der Waals surface area contributed by atoms with E-state index in [0.29, 0.717) is 14.9 Å². The van der Waals surface area contributed by atoms with E-state index in [2.05, 4.69) is 0 Å². The molecule has 0 heterocycles. The highest BCUT2D eigenvalue weighted by Gasteiger charge is 2.18. The standard InChI is InChI=1S/C13H7Cl2NO4S/c14-8-2-3-9(15)11(6-8)21-12-5-7(13(17)18)1-4-10(12)16(19)20/h1-6H,(H,17,18). The molecule has 0 aliphatic carbocycles. The van der Waals surface area contributed by atoms with E-state index in [1.54, 1.807) is 18.2 Å². The summed E-state index contributed by atoms with van der Waals surface area (Å²) in [6, 6.07) is 8.30. The molecule has 0 aliphatic heterocycles. The number of nitro benzene ring substituents is 1. The van der Waals surface area contributed by atoms with Crippen molar-refractivity contribution in [2.75, 3.05) is 0 Å². The number of rotatable bonds is 4. The molecule has 2 aromatic carbocycles. The van der Waals surface area contributed by atoms with Crippen molar-refractivity contribution in [2.24, 2.45) is 0 Å². The van der Waals surface area contributed by atoms with Gasteiger partial charge in [0.25, 0.3) is 5.69 Å². The maximum Gasteiger partial charge on any atom is 0.335 e. The highest BCUT2D eigenvalue weighted by atomic mass is 35.5. The van der Waals surface area contributed by atoms with Crippen LogP contribution in [-0.4, -0.2) is 16.0 Å². The van der Waals surface area contributed by atoms with Crippen LogP contribution in [0.15, 0.2) is 46.2 Å². The van der Waals surface area contributed by atoms with Gasteiger partial charge in [-0.05, 0) is 30.3 Å². The molecule has 21 heavy (non-hydrogen) atoms. The molecule has 0 spiro atoms. The summed E-state index contributed by atoms with van der Waals surface area (Å²) in [5.74, 6) is -1.16. The van der Waals surface area contributed by atoms with Crippen LogP contribution in [0.2, 0.25) is 10.0 Å². The van der Waals surface area contributed by atoms with Crippen molar-refractivity contribution in [2.45, 2.75) is 9.79 Å². The van der Waals surface area contributed by atoms with Crippen LogP contribution < -0.4 is 0 Å². The van der Waals surface area contributed by atoms with E-state index in [1.807, 2.05) is 0 Å². The van der Waals surface area contributed by atoms with Gasteiger partial charge >= 0.3 is 5.97 Å². The minimum atomic E-state index is -1.16. The largest absolute Gasteiger partial charge is 0.478 e. The lowest BCUT2D eigenvalue weighted by Gasteiger charge is -2.06. The molecular weight excluding hydrogens is 337 g/mol. The third-order valence-electron chi connectivity index (χ3n) is 2.52. The lowest BCUT2D eigenvalue weighted by Crippen LogP contribution is -1.98. The smallest absolute Gasteiger partial charge is 0.335 e. The molecule has 8 heteroatoms. The molecular formula is C13H7Cl2NO4S. The molecule has 5 nitrogen and oxygen atoms in total. The average molecular weight is 344 g/mol. The Bertz CT molecular complexity index is 736. The van der Waals surface area contributed by atoms with Gasteiger partial charge in [-0.25, -0.2) is 4.79 Å². The summed E-state index contributed by atoms with van der Waals surface area (Å²) in [6.45, 7) is 0. The second-order valence-electron chi connectivity index (χ2n) is 3.92. The predicted molar refractivity (Wildman–Crippen MR) is 80.6 cm³/mol. The Morgan fingerprint density at radius 2 is 1.86 bits per heavy atom. The quantitative estimate of drug-likeness (QED) is 0.639. The third-order valence-corrected chi connectivity index (χ3v) is 4.30. The second-order valence-corrected chi connectivity index (χ2v) is 5.85. The van der Waals surface area contributed by atoms with Gasteiger partial charge in [-0.2, -0.15) is 0 Å². The zero-order valence-corrected chi connectivity index (χ0v) is 12.6. The van der Waals surface area contributed by atoms with E-state index in [9.17, 15) is 14.9 Å². The first-order chi connectivity index (χ1) is 9.88. The highest BCUT2D eigenvalue weighted by Crippen LogP contribution is 2.39. The molecule has 0 bridgehead atoms. The topological polar surface area (TPSA) is 80.4 Å². The summed E-state index contributed by atoms with van der Waals surface area (Å²) in [7, 11) is 0. The number of carboxylic acids is 1. The van der Waals surface area contributed by atoms with Crippen LogP contribution >= 0.6 is 35.0 Å². The maximum absolute atomic E-state index is 11.0. The number of hydrogen-bond acceptors (Lipinski definition) is 4. The number of nitrogens with zero attached hydrogens (tertiary/aromatic N) is 1. The van der Waals surface area contributed by atoms with Crippen LogP contribution in [0.4, 0.5) is 5.69 Å². The predicted octanol–water partition coefficient (Wildman–Crippen LogP) is 4.75. The minimum absolute atomic E-state index is 0.0405. The molecule has 2 aromatic rings. The van der Waals surface area contributed by atoms with E-state index in [0.717, 1.165) is 17.8 Å². The Morgan fingerprint density at radius 3 is 2.48 bits per heavy atom. The summed E-state index contributed by atoms with van der Waals surface area (Å²) in [6.07, 6.45) is 0. The summed E-state index contributed by atoms with van der Waals surface area (Å²) in [5.41, 5.74) is -0.234. The van der Waals surface area contributed by atoms with Gasteiger partial charge in [0.05, 0.1) is 20.4 Å². The van der Waals surface area contributed by atoms with Gasteiger partial charge in [-0.15, -0.1) is 0 Å². The Labute approximate surface area is 133 Å². The van der Waals surface area contributed by atoms with Crippen molar-refractivity contribution in [3.8, 4) is 0 Å². The molecule has 0 aliphatic rings. The van der Waals surface area contributed by atoms with E-state index in [-0.39, 0.29) is 16.1 Å². The Kier molecular flexibility index (Phi) is 4.72. The van der Waals surface area contributed by atoms with Crippen molar-refractivity contribution >= 4 is 46.6 Å². The molecule has 2 rings (SSSR count). The number of benzene rings is 2. The number of halogens is 2. The molecule has 0 unspecified atom stereocenters. The van der Waals surface area contributed by atoms with Crippen molar-refractivity contribution in [3.05, 3.63) is 62.1 Å². The number of carboxylic acid groups (broad SMARTS) is 1. The van der Waals surface area contributed by atoms with Gasteiger partial charge in [0.1, 0.15) is 0 Å². The third kappa shape index (κ3) is 3.66. The Hall–Kier alpha value is -1.76. The zero-order valence-electron chi connectivity index (χ0n) is 10.2. The van der Waals surface area contributed by atoms with Gasteiger partial charge in [0.15, 0.2) is 0 Å². The first-order valence-corrected chi connectivity index (χ1v) is 7.10. The fraction of sp³-hybridized carbons (Fsp3) is 0. The molecule has 0 radical (unpaired) electrons. The molecule has 108 valence electrons. The summed E-state index contributed by atoms with van der Waals surface area (Å²) in [4.78, 5) is 22.1. The molecule has 1 N–H and O–H groups in total. The number of nitro groups is 1. The van der Waals surface area contributed by atoms with Gasteiger partial charge < -0.3 is 5.11 Å². The first kappa shape index (κ1) is 15.6. The van der Waals surface area contributed by atoms with Crippen LogP contribution in [0.5, 0.6) is 0 Å². The molecule has 0 atom stereocenters. The fourth-order valence-corrected chi connectivity index (χ4v) is 3.05. The van der Waals surface area contributed by atoms with Crippen molar-refractivity contribution < 1.29 is 14.8 Å². The van der Waals surface area contributed by atoms with Crippen molar-refractivity contribution in [3.63, 3.8) is 0 Å². The van der Waals surface area contributed by atoms with Gasteiger partial charge in [0, 0.05) is 16.0 Å². The summed E-state index contributed by atoms with van der Waals surface area (Å²) >= 11 is 12.9. The van der Waals surface area contributed by atoms with Crippen LogP contribution in [-0.2, 0) is 0 Å². The normalized spacial score (nSPS) is 10.4. The van der Waals surface area contributed by atoms with Crippen molar-refractivity contribution in [1.29, 1.82) is 0 Å². The lowest BCUT2D eigenvalue weighted by atomic mass is 10.2.